The Labute approximate surface area is 181 Å². The fourth-order valence-corrected chi connectivity index (χ4v) is 5.02. The maximum absolute atomic E-state index is 13.4. The Hall–Kier alpha value is -3.40. The molecule has 1 N–H and O–H groups in total. The number of benzene rings is 3. The maximum atomic E-state index is 13.4. The Morgan fingerprint density at radius 2 is 1.74 bits per heavy atom. The van der Waals surface area contributed by atoms with Gasteiger partial charge in [0.15, 0.2) is 5.78 Å². The van der Waals surface area contributed by atoms with E-state index in [4.69, 9.17) is 4.74 Å². The van der Waals surface area contributed by atoms with Crippen LogP contribution in [0.3, 0.4) is 0 Å². The molecule has 0 bridgehead atoms. The molecule has 0 unspecified atom stereocenters. The molecule has 1 atom stereocenters. The van der Waals surface area contributed by atoms with Crippen molar-refractivity contribution in [2.45, 2.75) is 32.7 Å². The summed E-state index contributed by atoms with van der Waals surface area (Å²) in [5.74, 6) is -0.172. The first-order valence-electron chi connectivity index (χ1n) is 10.6. The Morgan fingerprint density at radius 3 is 2.48 bits per heavy atom. The van der Waals surface area contributed by atoms with Gasteiger partial charge in [0, 0.05) is 23.2 Å². The van der Waals surface area contributed by atoms with Crippen molar-refractivity contribution in [1.82, 2.24) is 0 Å². The molecule has 0 saturated carbocycles. The highest BCUT2D eigenvalue weighted by atomic mass is 16.5. The third-order valence-electron chi connectivity index (χ3n) is 6.40. The van der Waals surface area contributed by atoms with Gasteiger partial charge in [-0.3, -0.25) is 4.79 Å². The smallest absolute Gasteiger partial charge is 0.337 e. The summed E-state index contributed by atoms with van der Waals surface area (Å²) in [6, 6.07) is 19.7. The number of Topliss-reactive ketones (excluding diaryl/α,β-unsaturated/α-hetero) is 1. The van der Waals surface area contributed by atoms with Gasteiger partial charge < -0.3 is 10.1 Å². The fraction of sp³-hybridized carbons (Fsp3) is 0.259. The number of ketones is 1. The molecule has 4 heteroatoms. The third kappa shape index (κ3) is 3.23. The zero-order chi connectivity index (χ0) is 21.8. The van der Waals surface area contributed by atoms with Crippen molar-refractivity contribution >= 4 is 33.8 Å². The molecule has 3 aromatic rings. The van der Waals surface area contributed by atoms with Crippen LogP contribution in [0.15, 0.2) is 66.2 Å². The fourth-order valence-electron chi connectivity index (χ4n) is 5.02. The molecule has 31 heavy (non-hydrogen) atoms. The van der Waals surface area contributed by atoms with Crippen LogP contribution in [0.25, 0.3) is 16.3 Å². The molecule has 0 aromatic heterocycles. The summed E-state index contributed by atoms with van der Waals surface area (Å²) < 4.78 is 4.82. The van der Waals surface area contributed by atoms with E-state index in [0.717, 1.165) is 34.4 Å². The Kier molecular flexibility index (Phi) is 4.47. The second kappa shape index (κ2) is 7.09. The second-order valence-electron chi connectivity index (χ2n) is 9.23. The molecule has 1 heterocycles. The third-order valence-corrected chi connectivity index (χ3v) is 6.40. The van der Waals surface area contributed by atoms with Crippen molar-refractivity contribution in [1.29, 1.82) is 0 Å². The van der Waals surface area contributed by atoms with E-state index in [0.29, 0.717) is 12.0 Å². The molecule has 1 aliphatic carbocycles. The lowest BCUT2D eigenvalue weighted by Gasteiger charge is -2.40. The molecule has 0 saturated heterocycles. The molecular weight excluding hydrogens is 386 g/mol. The SMILES string of the molecule is COC(=O)c1ccc([C@H]2Nc3ccc4ccccc4c3C3=C2C(=O)CC(C)(C)C3)cc1. The lowest BCUT2D eigenvalue weighted by atomic mass is 9.68. The number of ether oxygens (including phenoxy) is 1. The highest BCUT2D eigenvalue weighted by Crippen LogP contribution is 2.51. The molecule has 1 aliphatic heterocycles. The van der Waals surface area contributed by atoms with E-state index in [1.165, 1.54) is 17.9 Å². The first-order valence-corrected chi connectivity index (χ1v) is 10.6. The minimum absolute atomic E-state index is 0.0826. The molecule has 4 nitrogen and oxygen atoms in total. The van der Waals surface area contributed by atoms with Gasteiger partial charge in [0.05, 0.1) is 18.7 Å². The number of methoxy groups -OCH3 is 1. The lowest BCUT2D eigenvalue weighted by molar-refractivity contribution is -0.118. The standard InChI is InChI=1S/C27H25NO3/c1-27(2)14-20-23-19-7-5-4-6-16(19)12-13-21(23)28-25(24(20)22(29)15-27)17-8-10-18(11-9-17)26(30)31-3/h4-13,25,28H,14-15H2,1-3H3/t25-/m1/s1. The van der Waals surface area contributed by atoms with Gasteiger partial charge in [0.1, 0.15) is 0 Å². The molecule has 0 fully saturated rings. The van der Waals surface area contributed by atoms with Crippen LogP contribution < -0.4 is 5.32 Å². The van der Waals surface area contributed by atoms with Crippen molar-refractivity contribution in [3.05, 3.63) is 82.9 Å². The van der Waals surface area contributed by atoms with Crippen LogP contribution in [-0.2, 0) is 9.53 Å². The van der Waals surface area contributed by atoms with Gasteiger partial charge in [-0.1, -0.05) is 56.3 Å². The number of hydrogen-bond donors (Lipinski definition) is 1. The number of carbonyl (C=O) groups is 2. The molecule has 5 rings (SSSR count). The zero-order valence-corrected chi connectivity index (χ0v) is 18.0. The number of hydrogen-bond acceptors (Lipinski definition) is 4. The summed E-state index contributed by atoms with van der Waals surface area (Å²) in [6.07, 6.45) is 1.39. The van der Waals surface area contributed by atoms with E-state index in [2.05, 4.69) is 49.5 Å². The molecule has 0 spiro atoms. The van der Waals surface area contributed by atoms with Gasteiger partial charge in [0.25, 0.3) is 0 Å². The highest BCUT2D eigenvalue weighted by Gasteiger charge is 2.40. The van der Waals surface area contributed by atoms with Crippen LogP contribution in [0.4, 0.5) is 5.69 Å². The van der Waals surface area contributed by atoms with E-state index in [-0.39, 0.29) is 23.2 Å². The van der Waals surface area contributed by atoms with E-state index >= 15 is 0 Å². The minimum atomic E-state index is -0.365. The Morgan fingerprint density at radius 1 is 1.00 bits per heavy atom. The van der Waals surface area contributed by atoms with Gasteiger partial charge in [-0.2, -0.15) is 0 Å². The summed E-state index contributed by atoms with van der Waals surface area (Å²) >= 11 is 0. The first kappa shape index (κ1) is 19.6. The van der Waals surface area contributed by atoms with Crippen LogP contribution in [-0.4, -0.2) is 18.9 Å². The van der Waals surface area contributed by atoms with Gasteiger partial charge in [-0.25, -0.2) is 4.79 Å². The van der Waals surface area contributed by atoms with Gasteiger partial charge >= 0.3 is 5.97 Å². The highest BCUT2D eigenvalue weighted by molar-refractivity contribution is 6.12. The zero-order valence-electron chi connectivity index (χ0n) is 18.0. The number of carbonyl (C=O) groups excluding carboxylic acids is 2. The van der Waals surface area contributed by atoms with E-state index in [1.807, 2.05) is 18.2 Å². The Bertz CT molecular complexity index is 1250. The summed E-state index contributed by atoms with van der Waals surface area (Å²) in [4.78, 5) is 25.3. The number of nitrogens with one attached hydrogen (secondary N) is 1. The maximum Gasteiger partial charge on any atom is 0.337 e. The molecule has 0 radical (unpaired) electrons. The van der Waals surface area contributed by atoms with E-state index < -0.39 is 0 Å². The molecule has 0 amide bonds. The van der Waals surface area contributed by atoms with Crippen molar-refractivity contribution < 1.29 is 14.3 Å². The van der Waals surface area contributed by atoms with Gasteiger partial charge in [0.2, 0.25) is 0 Å². The quantitative estimate of drug-likeness (QED) is 0.531. The molecular formula is C27H25NO3. The average Bonchev–Trinajstić information content (AvgIpc) is 2.76. The van der Waals surface area contributed by atoms with E-state index in [1.54, 1.807) is 12.1 Å². The number of esters is 1. The number of rotatable bonds is 2. The normalized spacial score (nSPS) is 19.5. The second-order valence-corrected chi connectivity index (χ2v) is 9.23. The number of anilines is 1. The summed E-state index contributed by atoms with van der Waals surface area (Å²) in [7, 11) is 1.37. The largest absolute Gasteiger partial charge is 0.465 e. The lowest BCUT2D eigenvalue weighted by Crippen LogP contribution is -2.33. The van der Waals surface area contributed by atoms with Crippen molar-refractivity contribution in [3.63, 3.8) is 0 Å². The number of fused-ring (bicyclic) bond motifs is 4. The van der Waals surface area contributed by atoms with Crippen molar-refractivity contribution in [3.8, 4) is 0 Å². The minimum Gasteiger partial charge on any atom is -0.465 e. The van der Waals surface area contributed by atoms with Crippen LogP contribution in [0.5, 0.6) is 0 Å². The van der Waals surface area contributed by atoms with Crippen LogP contribution in [0.1, 0.15) is 54.2 Å². The van der Waals surface area contributed by atoms with Crippen molar-refractivity contribution in [2.24, 2.45) is 5.41 Å². The topological polar surface area (TPSA) is 55.4 Å². The predicted molar refractivity (Wildman–Crippen MR) is 123 cm³/mol. The predicted octanol–water partition coefficient (Wildman–Crippen LogP) is 5.94. The van der Waals surface area contributed by atoms with Gasteiger partial charge in [-0.05, 0) is 51.9 Å². The van der Waals surface area contributed by atoms with Crippen molar-refractivity contribution in [2.75, 3.05) is 12.4 Å². The molecule has 156 valence electrons. The first-order chi connectivity index (χ1) is 14.9. The number of allylic oxidation sites excluding steroid dienone is 1. The molecule has 2 aliphatic rings. The van der Waals surface area contributed by atoms with E-state index in [9.17, 15) is 9.59 Å². The summed E-state index contributed by atoms with van der Waals surface area (Å²) in [6.45, 7) is 4.34. The Balaban J connectivity index is 1.71. The monoisotopic (exact) mass is 411 g/mol. The van der Waals surface area contributed by atoms with Crippen LogP contribution >= 0.6 is 0 Å². The van der Waals surface area contributed by atoms with Crippen LogP contribution in [0.2, 0.25) is 0 Å². The molecule has 3 aromatic carbocycles. The summed E-state index contributed by atoms with van der Waals surface area (Å²) in [5, 5.41) is 5.97. The van der Waals surface area contributed by atoms with Crippen LogP contribution in [0, 0.1) is 5.41 Å². The summed E-state index contributed by atoms with van der Waals surface area (Å²) in [5.41, 5.74) is 5.58. The average molecular weight is 412 g/mol. The van der Waals surface area contributed by atoms with Gasteiger partial charge in [-0.15, -0.1) is 0 Å².